The molecule has 2 aromatic rings. The van der Waals surface area contributed by atoms with Crippen molar-refractivity contribution in [1.82, 2.24) is 0 Å². The number of hydrogen-bond acceptors (Lipinski definition) is 6. The van der Waals surface area contributed by atoms with Crippen molar-refractivity contribution >= 4 is 22.7 Å². The minimum absolute atomic E-state index is 0.0389. The van der Waals surface area contributed by atoms with Crippen molar-refractivity contribution in [3.63, 3.8) is 0 Å². The Labute approximate surface area is 119 Å². The number of benzene rings is 2. The molecule has 8 heteroatoms. The van der Waals surface area contributed by atoms with Crippen LogP contribution in [0.1, 0.15) is 5.56 Å². The Morgan fingerprint density at radius 2 is 1.57 bits per heavy atom. The smallest absolute Gasteiger partial charge is 0.292 e. The molecule has 8 nitrogen and oxygen atoms in total. The molecule has 21 heavy (non-hydrogen) atoms. The Kier molecular flexibility index (Phi) is 3.45. The number of nitro benzene ring substituents is 2. The van der Waals surface area contributed by atoms with E-state index in [1.807, 2.05) is 0 Å². The summed E-state index contributed by atoms with van der Waals surface area (Å²) in [5.74, 6) is 0. The van der Waals surface area contributed by atoms with E-state index in [-0.39, 0.29) is 22.7 Å². The van der Waals surface area contributed by atoms with Gasteiger partial charge in [0.15, 0.2) is 0 Å². The molecule has 108 valence electrons. The maximum atomic E-state index is 10.9. The second kappa shape index (κ2) is 5.08. The van der Waals surface area contributed by atoms with E-state index in [0.29, 0.717) is 16.7 Å². The van der Waals surface area contributed by atoms with Crippen LogP contribution in [-0.2, 0) is 0 Å². The Morgan fingerprint density at radius 3 is 2.14 bits per heavy atom. The number of nitro groups is 2. The first-order valence-corrected chi connectivity index (χ1v) is 5.90. The molecule has 0 amide bonds. The predicted molar refractivity (Wildman–Crippen MR) is 78.7 cm³/mol. The summed E-state index contributed by atoms with van der Waals surface area (Å²) in [5.41, 5.74) is 12.6. The summed E-state index contributed by atoms with van der Waals surface area (Å²) in [4.78, 5) is 20.6. The average molecular weight is 288 g/mol. The van der Waals surface area contributed by atoms with E-state index in [1.54, 1.807) is 13.0 Å². The zero-order valence-corrected chi connectivity index (χ0v) is 11.1. The molecule has 2 rings (SSSR count). The van der Waals surface area contributed by atoms with Crippen LogP contribution < -0.4 is 11.5 Å². The fourth-order valence-corrected chi connectivity index (χ4v) is 2.06. The van der Waals surface area contributed by atoms with Crippen LogP contribution in [0.25, 0.3) is 11.1 Å². The van der Waals surface area contributed by atoms with Gasteiger partial charge in [-0.2, -0.15) is 0 Å². The number of rotatable bonds is 3. The van der Waals surface area contributed by atoms with Crippen LogP contribution in [0.3, 0.4) is 0 Å². The second-order valence-corrected chi connectivity index (χ2v) is 4.46. The SMILES string of the molecule is Cc1c(-c2ccc(N)c([N+](=O)[O-])c2)ccc([N+](=O)[O-])c1N. The van der Waals surface area contributed by atoms with Crippen LogP contribution in [0, 0.1) is 27.2 Å². The summed E-state index contributed by atoms with van der Waals surface area (Å²) in [6, 6.07) is 7.14. The Balaban J connectivity index is 2.63. The molecule has 0 aliphatic carbocycles. The lowest BCUT2D eigenvalue weighted by molar-refractivity contribution is -0.384. The molecule has 0 aromatic heterocycles. The van der Waals surface area contributed by atoms with Gasteiger partial charge in [-0.1, -0.05) is 6.07 Å². The van der Waals surface area contributed by atoms with Crippen molar-refractivity contribution in [2.75, 3.05) is 11.5 Å². The molecular formula is C13H12N4O4. The fourth-order valence-electron chi connectivity index (χ4n) is 2.06. The Morgan fingerprint density at radius 1 is 0.952 bits per heavy atom. The second-order valence-electron chi connectivity index (χ2n) is 4.46. The number of nitrogens with two attached hydrogens (primary N) is 2. The van der Waals surface area contributed by atoms with Crippen molar-refractivity contribution in [2.24, 2.45) is 0 Å². The van der Waals surface area contributed by atoms with E-state index < -0.39 is 9.85 Å². The monoisotopic (exact) mass is 288 g/mol. The normalized spacial score (nSPS) is 10.3. The maximum absolute atomic E-state index is 10.9. The Hall–Kier alpha value is -3.16. The van der Waals surface area contributed by atoms with E-state index in [2.05, 4.69) is 0 Å². The van der Waals surface area contributed by atoms with Crippen LogP contribution in [-0.4, -0.2) is 9.85 Å². The zero-order valence-electron chi connectivity index (χ0n) is 11.1. The maximum Gasteiger partial charge on any atom is 0.292 e. The van der Waals surface area contributed by atoms with E-state index in [0.717, 1.165) is 0 Å². The van der Waals surface area contributed by atoms with Gasteiger partial charge in [0.05, 0.1) is 9.85 Å². The van der Waals surface area contributed by atoms with Gasteiger partial charge in [-0.3, -0.25) is 20.2 Å². The van der Waals surface area contributed by atoms with Gasteiger partial charge in [-0.25, -0.2) is 0 Å². The van der Waals surface area contributed by atoms with Gasteiger partial charge in [-0.15, -0.1) is 0 Å². The highest BCUT2D eigenvalue weighted by atomic mass is 16.6. The van der Waals surface area contributed by atoms with Gasteiger partial charge in [0.1, 0.15) is 11.4 Å². The van der Waals surface area contributed by atoms with Crippen molar-refractivity contribution in [1.29, 1.82) is 0 Å². The summed E-state index contributed by atoms with van der Waals surface area (Å²) >= 11 is 0. The number of hydrogen-bond donors (Lipinski definition) is 2. The molecule has 4 N–H and O–H groups in total. The van der Waals surface area contributed by atoms with Crippen molar-refractivity contribution in [3.05, 3.63) is 56.1 Å². The molecule has 0 saturated carbocycles. The number of anilines is 2. The highest BCUT2D eigenvalue weighted by molar-refractivity contribution is 5.80. The van der Waals surface area contributed by atoms with Gasteiger partial charge >= 0.3 is 0 Å². The quantitative estimate of drug-likeness (QED) is 0.505. The van der Waals surface area contributed by atoms with E-state index >= 15 is 0 Å². The molecule has 0 fully saturated rings. The van der Waals surface area contributed by atoms with Crippen LogP contribution in [0.5, 0.6) is 0 Å². The first-order chi connectivity index (χ1) is 9.82. The minimum Gasteiger partial charge on any atom is -0.393 e. The lowest BCUT2D eigenvalue weighted by Gasteiger charge is -2.09. The summed E-state index contributed by atoms with van der Waals surface area (Å²) in [6.07, 6.45) is 0. The fraction of sp³-hybridized carbons (Fsp3) is 0.0769. The molecular weight excluding hydrogens is 276 g/mol. The molecule has 0 saturated heterocycles. The van der Waals surface area contributed by atoms with Gasteiger partial charge in [0.2, 0.25) is 0 Å². The molecule has 0 radical (unpaired) electrons. The molecule has 0 unspecified atom stereocenters. The first-order valence-electron chi connectivity index (χ1n) is 5.90. The molecule has 0 aliphatic heterocycles. The lowest BCUT2D eigenvalue weighted by Crippen LogP contribution is -2.00. The molecule has 2 aromatic carbocycles. The summed E-state index contributed by atoms with van der Waals surface area (Å²) in [5, 5.41) is 21.7. The minimum atomic E-state index is -0.580. The van der Waals surface area contributed by atoms with Gasteiger partial charge < -0.3 is 11.5 Å². The average Bonchev–Trinajstić information content (AvgIpc) is 2.42. The predicted octanol–water partition coefficient (Wildman–Crippen LogP) is 2.64. The van der Waals surface area contributed by atoms with Gasteiger partial charge in [0.25, 0.3) is 11.4 Å². The first kappa shape index (κ1) is 14.3. The Bertz CT molecular complexity index is 758. The van der Waals surface area contributed by atoms with Crippen molar-refractivity contribution in [3.8, 4) is 11.1 Å². The summed E-state index contributed by atoms with van der Waals surface area (Å²) in [6.45, 7) is 1.62. The van der Waals surface area contributed by atoms with E-state index in [9.17, 15) is 20.2 Å². The third-order valence-corrected chi connectivity index (χ3v) is 3.23. The molecule has 0 heterocycles. The van der Waals surface area contributed by atoms with Crippen LogP contribution >= 0.6 is 0 Å². The number of nitrogens with zero attached hydrogens (tertiary/aromatic N) is 2. The molecule has 0 bridgehead atoms. The molecule has 0 aliphatic rings. The topological polar surface area (TPSA) is 138 Å². The highest BCUT2D eigenvalue weighted by Crippen LogP contribution is 2.35. The van der Waals surface area contributed by atoms with Crippen molar-refractivity contribution < 1.29 is 9.85 Å². The lowest BCUT2D eigenvalue weighted by atomic mass is 9.97. The largest absolute Gasteiger partial charge is 0.393 e. The van der Waals surface area contributed by atoms with E-state index in [4.69, 9.17) is 11.5 Å². The van der Waals surface area contributed by atoms with Gasteiger partial charge in [-0.05, 0) is 35.7 Å². The zero-order chi connectivity index (χ0) is 15.7. The third-order valence-electron chi connectivity index (χ3n) is 3.23. The summed E-state index contributed by atoms with van der Waals surface area (Å²) in [7, 11) is 0. The van der Waals surface area contributed by atoms with Crippen LogP contribution in [0.2, 0.25) is 0 Å². The van der Waals surface area contributed by atoms with Crippen molar-refractivity contribution in [2.45, 2.75) is 6.92 Å². The standard InChI is InChI=1S/C13H12N4O4/c1-7-9(3-5-11(13(7)15)16(18)19)8-2-4-10(14)12(6-8)17(20)21/h2-6H,14-15H2,1H3. The van der Waals surface area contributed by atoms with Crippen LogP contribution in [0.15, 0.2) is 30.3 Å². The van der Waals surface area contributed by atoms with Crippen LogP contribution in [0.4, 0.5) is 22.7 Å². The third kappa shape index (κ3) is 2.46. The summed E-state index contributed by atoms with van der Waals surface area (Å²) < 4.78 is 0. The molecule has 0 atom stereocenters. The van der Waals surface area contributed by atoms with Gasteiger partial charge in [0, 0.05) is 12.1 Å². The molecule has 0 spiro atoms. The van der Waals surface area contributed by atoms with E-state index in [1.165, 1.54) is 24.3 Å². The highest BCUT2D eigenvalue weighted by Gasteiger charge is 2.18. The number of nitrogen functional groups attached to an aromatic ring is 2.